The van der Waals surface area contributed by atoms with Crippen LogP contribution >= 0.6 is 0 Å². The number of aromatic amines is 1. The average molecular weight is 303 g/mol. The van der Waals surface area contributed by atoms with Gasteiger partial charge in [-0.15, -0.1) is 0 Å². The van der Waals surface area contributed by atoms with E-state index in [-0.39, 0.29) is 11.5 Å². The predicted molar refractivity (Wildman–Crippen MR) is 84.8 cm³/mol. The molecule has 6 heteroatoms. The van der Waals surface area contributed by atoms with E-state index in [2.05, 4.69) is 16.2 Å². The van der Waals surface area contributed by atoms with Crippen molar-refractivity contribution in [3.05, 3.63) is 57.5 Å². The van der Waals surface area contributed by atoms with E-state index in [9.17, 15) is 4.79 Å². The smallest absolute Gasteiger partial charge is 0.278 e. The van der Waals surface area contributed by atoms with Crippen LogP contribution < -0.4 is 5.56 Å². The minimum Gasteiger partial charge on any atom is -0.338 e. The van der Waals surface area contributed by atoms with E-state index < -0.39 is 0 Å². The Morgan fingerprint density at radius 2 is 1.87 bits per heavy atom. The molecule has 0 unspecified atom stereocenters. The molecule has 0 aliphatic rings. The molecule has 2 aromatic heterocycles. The van der Waals surface area contributed by atoms with Crippen LogP contribution in [-0.4, -0.2) is 14.6 Å². The summed E-state index contributed by atoms with van der Waals surface area (Å²) in [4.78, 5) is 15.9. The van der Waals surface area contributed by atoms with Crippen molar-refractivity contribution in [3.8, 4) is 23.4 Å². The monoisotopic (exact) mass is 303 g/mol. The van der Waals surface area contributed by atoms with Crippen LogP contribution in [0, 0.1) is 22.7 Å². The van der Waals surface area contributed by atoms with Gasteiger partial charge in [-0.3, -0.25) is 4.79 Å². The molecule has 1 aromatic carbocycles. The Hall–Kier alpha value is -3.38. The molecular weight excluding hydrogens is 290 g/mol. The molecule has 1 N–H and O–H groups in total. The molecule has 0 atom stereocenters. The SMILES string of the molecule is CC(C)c1c(-c2ccc(C#N)cc2)[nH]c2c(C#N)cnn2c1=O. The summed E-state index contributed by atoms with van der Waals surface area (Å²) in [5.41, 5.74) is 3.03. The van der Waals surface area contributed by atoms with Gasteiger partial charge in [0, 0.05) is 5.56 Å². The summed E-state index contributed by atoms with van der Waals surface area (Å²) in [5, 5.41) is 22.1. The summed E-state index contributed by atoms with van der Waals surface area (Å²) in [7, 11) is 0. The predicted octanol–water partition coefficient (Wildman–Crippen LogP) is 2.56. The van der Waals surface area contributed by atoms with Crippen molar-refractivity contribution in [1.29, 1.82) is 10.5 Å². The maximum atomic E-state index is 12.7. The van der Waals surface area contributed by atoms with Gasteiger partial charge in [-0.2, -0.15) is 20.1 Å². The maximum Gasteiger partial charge on any atom is 0.278 e. The van der Waals surface area contributed by atoms with Crippen LogP contribution in [0.15, 0.2) is 35.3 Å². The molecule has 0 amide bonds. The number of hydrogen-bond donors (Lipinski definition) is 1. The van der Waals surface area contributed by atoms with Gasteiger partial charge >= 0.3 is 0 Å². The zero-order chi connectivity index (χ0) is 16.6. The Kier molecular flexibility index (Phi) is 3.44. The standard InChI is InChI=1S/C17H13N5O/c1-10(2)14-15(12-5-3-11(7-18)4-6-12)21-16-13(8-19)9-20-22(16)17(14)23/h3-6,9-10,21H,1-2H3. The normalized spacial score (nSPS) is 10.7. The summed E-state index contributed by atoms with van der Waals surface area (Å²) in [6, 6.07) is 11.1. The van der Waals surface area contributed by atoms with Crippen molar-refractivity contribution in [3.63, 3.8) is 0 Å². The zero-order valence-electron chi connectivity index (χ0n) is 12.7. The van der Waals surface area contributed by atoms with Crippen LogP contribution in [0.3, 0.4) is 0 Å². The second-order valence-electron chi connectivity index (χ2n) is 5.49. The van der Waals surface area contributed by atoms with E-state index in [0.29, 0.717) is 28.0 Å². The lowest BCUT2D eigenvalue weighted by atomic mass is 9.97. The van der Waals surface area contributed by atoms with Crippen LogP contribution in [0.4, 0.5) is 0 Å². The molecule has 3 rings (SSSR count). The molecule has 0 aliphatic carbocycles. The van der Waals surface area contributed by atoms with Crippen LogP contribution in [0.1, 0.15) is 36.5 Å². The third-order valence-electron chi connectivity index (χ3n) is 3.71. The molecule has 0 spiro atoms. The van der Waals surface area contributed by atoms with Crippen molar-refractivity contribution < 1.29 is 0 Å². The minimum absolute atomic E-state index is 0.0245. The Bertz CT molecular complexity index is 1030. The maximum absolute atomic E-state index is 12.7. The molecule has 0 fully saturated rings. The molecule has 2 heterocycles. The Morgan fingerprint density at radius 1 is 1.17 bits per heavy atom. The lowest BCUT2D eigenvalue weighted by Gasteiger charge is -2.13. The number of nitriles is 2. The molecule has 23 heavy (non-hydrogen) atoms. The van der Waals surface area contributed by atoms with E-state index >= 15 is 0 Å². The highest BCUT2D eigenvalue weighted by molar-refractivity contribution is 5.68. The lowest BCUT2D eigenvalue weighted by molar-refractivity contribution is 0.797. The first-order chi connectivity index (χ1) is 11.1. The number of aromatic nitrogens is 3. The number of fused-ring (bicyclic) bond motifs is 1. The topological polar surface area (TPSA) is 97.7 Å². The second kappa shape index (κ2) is 5.43. The fourth-order valence-corrected chi connectivity index (χ4v) is 2.59. The quantitative estimate of drug-likeness (QED) is 0.786. The molecule has 3 aromatic rings. The molecular formula is C17H13N5O. The van der Waals surface area contributed by atoms with Gasteiger partial charge in [0.1, 0.15) is 11.6 Å². The summed E-state index contributed by atoms with van der Waals surface area (Å²) in [6.07, 6.45) is 1.37. The van der Waals surface area contributed by atoms with Gasteiger partial charge in [0.2, 0.25) is 0 Å². The van der Waals surface area contributed by atoms with E-state index in [1.165, 1.54) is 10.7 Å². The molecule has 0 radical (unpaired) electrons. The van der Waals surface area contributed by atoms with Gasteiger partial charge in [-0.25, -0.2) is 0 Å². The van der Waals surface area contributed by atoms with Crippen LogP contribution in [0.25, 0.3) is 16.9 Å². The van der Waals surface area contributed by atoms with Crippen LogP contribution in [-0.2, 0) is 0 Å². The van der Waals surface area contributed by atoms with E-state index in [1.807, 2.05) is 19.9 Å². The van der Waals surface area contributed by atoms with E-state index in [0.717, 1.165) is 5.56 Å². The first-order valence-electron chi connectivity index (χ1n) is 7.11. The molecule has 6 nitrogen and oxygen atoms in total. The van der Waals surface area contributed by atoms with Crippen molar-refractivity contribution >= 4 is 5.65 Å². The Labute approximate surface area is 132 Å². The number of benzene rings is 1. The van der Waals surface area contributed by atoms with Crippen molar-refractivity contribution in [1.82, 2.24) is 14.6 Å². The first-order valence-corrected chi connectivity index (χ1v) is 7.11. The fraction of sp³-hybridized carbons (Fsp3) is 0.176. The number of nitrogens with one attached hydrogen (secondary N) is 1. The third-order valence-corrected chi connectivity index (χ3v) is 3.71. The molecule has 112 valence electrons. The zero-order valence-corrected chi connectivity index (χ0v) is 12.7. The highest BCUT2D eigenvalue weighted by Crippen LogP contribution is 2.26. The number of hydrogen-bond acceptors (Lipinski definition) is 4. The van der Waals surface area contributed by atoms with Crippen LogP contribution in [0.5, 0.6) is 0 Å². The van der Waals surface area contributed by atoms with Gasteiger partial charge in [-0.05, 0) is 23.6 Å². The van der Waals surface area contributed by atoms with Gasteiger partial charge in [0.25, 0.3) is 5.56 Å². The van der Waals surface area contributed by atoms with Crippen molar-refractivity contribution in [2.45, 2.75) is 19.8 Å². The number of H-pyrrole nitrogens is 1. The number of nitrogens with zero attached hydrogens (tertiary/aromatic N) is 4. The summed E-state index contributed by atoms with van der Waals surface area (Å²) in [5.74, 6) is -0.0245. The second-order valence-corrected chi connectivity index (χ2v) is 5.49. The summed E-state index contributed by atoms with van der Waals surface area (Å²) in [6.45, 7) is 3.86. The van der Waals surface area contributed by atoms with Gasteiger partial charge in [-0.1, -0.05) is 26.0 Å². The van der Waals surface area contributed by atoms with Gasteiger partial charge in [0.05, 0.1) is 23.5 Å². The highest BCUT2D eigenvalue weighted by atomic mass is 16.1. The number of rotatable bonds is 2. The Morgan fingerprint density at radius 3 is 2.43 bits per heavy atom. The summed E-state index contributed by atoms with van der Waals surface area (Å²) < 4.78 is 1.22. The van der Waals surface area contributed by atoms with Crippen molar-refractivity contribution in [2.75, 3.05) is 0 Å². The molecule has 0 saturated carbocycles. The van der Waals surface area contributed by atoms with Gasteiger partial charge in [0.15, 0.2) is 5.65 Å². The third kappa shape index (κ3) is 2.27. The van der Waals surface area contributed by atoms with E-state index in [1.54, 1.807) is 24.3 Å². The average Bonchev–Trinajstić information content (AvgIpc) is 2.97. The fourth-order valence-electron chi connectivity index (χ4n) is 2.59. The molecule has 0 saturated heterocycles. The van der Waals surface area contributed by atoms with Crippen molar-refractivity contribution in [2.24, 2.45) is 0 Å². The largest absolute Gasteiger partial charge is 0.338 e. The molecule has 0 bridgehead atoms. The highest BCUT2D eigenvalue weighted by Gasteiger charge is 2.19. The van der Waals surface area contributed by atoms with E-state index in [4.69, 9.17) is 10.5 Å². The summed E-state index contributed by atoms with van der Waals surface area (Å²) >= 11 is 0. The van der Waals surface area contributed by atoms with Crippen LogP contribution in [0.2, 0.25) is 0 Å². The lowest BCUT2D eigenvalue weighted by Crippen LogP contribution is -2.22. The van der Waals surface area contributed by atoms with Gasteiger partial charge < -0.3 is 4.98 Å². The first kappa shape index (κ1) is 14.6. The minimum atomic E-state index is -0.241. The Balaban J connectivity index is 2.37. The molecule has 0 aliphatic heterocycles.